The number of benzene rings is 1. The van der Waals surface area contributed by atoms with Crippen molar-refractivity contribution in [1.82, 2.24) is 5.32 Å². The Morgan fingerprint density at radius 2 is 2.25 bits per heavy atom. The van der Waals surface area contributed by atoms with Crippen LogP contribution in [-0.2, 0) is 10.8 Å². The molecule has 6 heteroatoms. The van der Waals surface area contributed by atoms with Crippen LogP contribution in [0, 0.1) is 5.82 Å². The van der Waals surface area contributed by atoms with Crippen molar-refractivity contribution >= 4 is 16.7 Å². The van der Waals surface area contributed by atoms with Gasteiger partial charge in [-0.1, -0.05) is 6.07 Å². The SMILES string of the molecule is CS(=O)CCNC(=O)c1c(O)cccc1F. The van der Waals surface area contributed by atoms with Gasteiger partial charge in [0.2, 0.25) is 0 Å². The van der Waals surface area contributed by atoms with Gasteiger partial charge in [-0.25, -0.2) is 4.39 Å². The molecule has 1 amide bonds. The van der Waals surface area contributed by atoms with Gasteiger partial charge in [-0.3, -0.25) is 9.00 Å². The highest BCUT2D eigenvalue weighted by Crippen LogP contribution is 2.19. The summed E-state index contributed by atoms with van der Waals surface area (Å²) < 4.78 is 23.9. The number of carbonyl (C=O) groups excluding carboxylic acids is 1. The predicted molar refractivity (Wildman–Crippen MR) is 59.3 cm³/mol. The number of rotatable bonds is 4. The van der Waals surface area contributed by atoms with E-state index in [0.29, 0.717) is 5.75 Å². The lowest BCUT2D eigenvalue weighted by Gasteiger charge is -2.06. The minimum absolute atomic E-state index is 0.176. The quantitative estimate of drug-likeness (QED) is 0.818. The van der Waals surface area contributed by atoms with Crippen molar-refractivity contribution in [3.63, 3.8) is 0 Å². The van der Waals surface area contributed by atoms with Gasteiger partial charge in [-0.2, -0.15) is 0 Å². The average molecular weight is 245 g/mol. The number of aromatic hydroxyl groups is 1. The summed E-state index contributed by atoms with van der Waals surface area (Å²) in [6.45, 7) is 0.176. The molecule has 0 fully saturated rings. The molecule has 0 aliphatic rings. The van der Waals surface area contributed by atoms with E-state index in [0.717, 1.165) is 6.07 Å². The first-order chi connectivity index (χ1) is 7.52. The Kier molecular flexibility index (Phi) is 4.42. The number of carbonyl (C=O) groups is 1. The molecule has 1 aromatic carbocycles. The summed E-state index contributed by atoms with van der Waals surface area (Å²) in [5.41, 5.74) is -0.385. The normalized spacial score (nSPS) is 12.1. The number of halogens is 1. The molecule has 16 heavy (non-hydrogen) atoms. The highest BCUT2D eigenvalue weighted by Gasteiger charge is 2.15. The first kappa shape index (κ1) is 12.6. The van der Waals surface area contributed by atoms with Crippen LogP contribution in [0.2, 0.25) is 0 Å². The molecule has 0 heterocycles. The molecule has 1 rings (SSSR count). The van der Waals surface area contributed by atoms with E-state index in [9.17, 15) is 18.5 Å². The zero-order valence-electron chi connectivity index (χ0n) is 8.70. The van der Waals surface area contributed by atoms with E-state index < -0.39 is 28.3 Å². The van der Waals surface area contributed by atoms with Crippen molar-refractivity contribution in [3.8, 4) is 5.75 Å². The third-order valence-corrected chi connectivity index (χ3v) is 2.67. The lowest BCUT2D eigenvalue weighted by Crippen LogP contribution is -2.28. The molecule has 0 bridgehead atoms. The predicted octanol–water partition coefficient (Wildman–Crippen LogP) is 0.640. The van der Waals surface area contributed by atoms with Crippen molar-refractivity contribution in [1.29, 1.82) is 0 Å². The molecule has 0 saturated heterocycles. The van der Waals surface area contributed by atoms with Crippen molar-refractivity contribution < 1.29 is 18.5 Å². The zero-order valence-corrected chi connectivity index (χ0v) is 9.51. The Hall–Kier alpha value is -1.43. The highest BCUT2D eigenvalue weighted by molar-refractivity contribution is 7.84. The second-order valence-corrected chi connectivity index (χ2v) is 4.72. The fourth-order valence-corrected chi connectivity index (χ4v) is 1.52. The standard InChI is InChI=1S/C10H12FNO3S/c1-16(15)6-5-12-10(14)9-7(11)3-2-4-8(9)13/h2-4,13H,5-6H2,1H3,(H,12,14). The summed E-state index contributed by atoms with van der Waals surface area (Å²) >= 11 is 0. The summed E-state index contributed by atoms with van der Waals surface area (Å²) in [6.07, 6.45) is 1.51. The van der Waals surface area contributed by atoms with Gasteiger partial charge in [0.05, 0.1) is 0 Å². The van der Waals surface area contributed by atoms with E-state index in [1.54, 1.807) is 0 Å². The van der Waals surface area contributed by atoms with E-state index in [1.807, 2.05) is 0 Å². The van der Waals surface area contributed by atoms with Crippen LogP contribution in [0.5, 0.6) is 5.75 Å². The lowest BCUT2D eigenvalue weighted by molar-refractivity contribution is 0.0949. The van der Waals surface area contributed by atoms with E-state index in [4.69, 9.17) is 0 Å². The average Bonchev–Trinajstić information content (AvgIpc) is 2.16. The molecule has 0 aromatic heterocycles. The van der Waals surface area contributed by atoms with Crippen LogP contribution in [-0.4, -0.2) is 33.8 Å². The highest BCUT2D eigenvalue weighted by atomic mass is 32.2. The van der Waals surface area contributed by atoms with Gasteiger partial charge >= 0.3 is 0 Å². The van der Waals surface area contributed by atoms with Gasteiger partial charge in [0.15, 0.2) is 0 Å². The van der Waals surface area contributed by atoms with E-state index in [-0.39, 0.29) is 12.1 Å². The van der Waals surface area contributed by atoms with Crippen LogP contribution in [0.25, 0.3) is 0 Å². The molecule has 88 valence electrons. The Morgan fingerprint density at radius 1 is 1.56 bits per heavy atom. The summed E-state index contributed by atoms with van der Waals surface area (Å²) in [6, 6.07) is 3.63. The van der Waals surface area contributed by atoms with Gasteiger partial charge in [0, 0.05) is 29.4 Å². The monoisotopic (exact) mass is 245 g/mol. The fraction of sp³-hybridized carbons (Fsp3) is 0.300. The molecule has 1 aromatic rings. The summed E-state index contributed by atoms with van der Waals surface area (Å²) in [5.74, 6) is -1.60. The molecule has 0 radical (unpaired) electrons. The third-order valence-electron chi connectivity index (χ3n) is 1.89. The van der Waals surface area contributed by atoms with Gasteiger partial charge in [0.1, 0.15) is 17.1 Å². The first-order valence-electron chi connectivity index (χ1n) is 4.58. The van der Waals surface area contributed by atoms with Crippen LogP contribution in [0.3, 0.4) is 0 Å². The van der Waals surface area contributed by atoms with Crippen molar-refractivity contribution in [2.45, 2.75) is 0 Å². The second-order valence-electron chi connectivity index (χ2n) is 3.17. The fourth-order valence-electron chi connectivity index (χ4n) is 1.13. The molecule has 2 N–H and O–H groups in total. The smallest absolute Gasteiger partial charge is 0.258 e. The third kappa shape index (κ3) is 3.30. The van der Waals surface area contributed by atoms with Crippen molar-refractivity contribution in [2.75, 3.05) is 18.6 Å². The molecule has 0 aliphatic heterocycles. The number of phenols is 1. The molecular formula is C10H12FNO3S. The van der Waals surface area contributed by atoms with E-state index in [2.05, 4.69) is 5.32 Å². The van der Waals surface area contributed by atoms with Gasteiger partial charge in [0.25, 0.3) is 5.91 Å². The second kappa shape index (κ2) is 5.60. The number of nitrogens with one attached hydrogen (secondary N) is 1. The molecule has 1 atom stereocenters. The summed E-state index contributed by atoms with van der Waals surface area (Å²) in [5, 5.41) is 11.7. The number of hydrogen-bond donors (Lipinski definition) is 2. The molecule has 1 unspecified atom stereocenters. The topological polar surface area (TPSA) is 66.4 Å². The number of amides is 1. The number of phenolic OH excluding ortho intramolecular Hbond substituents is 1. The van der Waals surface area contributed by atoms with E-state index >= 15 is 0 Å². The minimum atomic E-state index is -1.02. The Labute approximate surface area is 94.9 Å². The Bertz CT molecular complexity index is 402. The van der Waals surface area contributed by atoms with Crippen LogP contribution < -0.4 is 5.32 Å². The van der Waals surface area contributed by atoms with Gasteiger partial charge < -0.3 is 10.4 Å². The van der Waals surface area contributed by atoms with E-state index in [1.165, 1.54) is 18.4 Å². The maximum Gasteiger partial charge on any atom is 0.258 e. The lowest BCUT2D eigenvalue weighted by atomic mass is 10.2. The molecule has 0 saturated carbocycles. The molecule has 4 nitrogen and oxygen atoms in total. The Balaban J connectivity index is 2.70. The maximum atomic E-state index is 13.2. The Morgan fingerprint density at radius 3 is 2.81 bits per heavy atom. The first-order valence-corrected chi connectivity index (χ1v) is 6.31. The molecule has 0 aliphatic carbocycles. The maximum absolute atomic E-state index is 13.2. The molecular weight excluding hydrogens is 233 g/mol. The molecule has 0 spiro atoms. The van der Waals surface area contributed by atoms with Crippen LogP contribution in [0.1, 0.15) is 10.4 Å². The largest absolute Gasteiger partial charge is 0.507 e. The van der Waals surface area contributed by atoms with Crippen LogP contribution >= 0.6 is 0 Å². The zero-order chi connectivity index (χ0) is 12.1. The number of hydrogen-bond acceptors (Lipinski definition) is 3. The van der Waals surface area contributed by atoms with Crippen LogP contribution in [0.15, 0.2) is 18.2 Å². The minimum Gasteiger partial charge on any atom is -0.507 e. The van der Waals surface area contributed by atoms with Gasteiger partial charge in [-0.15, -0.1) is 0 Å². The van der Waals surface area contributed by atoms with Crippen molar-refractivity contribution in [2.24, 2.45) is 0 Å². The van der Waals surface area contributed by atoms with Crippen LogP contribution in [0.4, 0.5) is 4.39 Å². The van der Waals surface area contributed by atoms with Crippen molar-refractivity contribution in [3.05, 3.63) is 29.6 Å². The van der Waals surface area contributed by atoms with Gasteiger partial charge in [-0.05, 0) is 12.1 Å². The summed E-state index contributed by atoms with van der Waals surface area (Å²) in [4.78, 5) is 11.5. The summed E-state index contributed by atoms with van der Waals surface area (Å²) in [7, 11) is -1.02.